The van der Waals surface area contributed by atoms with Crippen LogP contribution in [-0.4, -0.2) is 46.7 Å². The second-order valence-corrected chi connectivity index (χ2v) is 7.23. The van der Waals surface area contributed by atoms with Gasteiger partial charge in [-0.05, 0) is 31.4 Å². The van der Waals surface area contributed by atoms with Crippen LogP contribution in [-0.2, 0) is 9.59 Å². The smallest absolute Gasteiger partial charge is 0.261 e. The van der Waals surface area contributed by atoms with E-state index in [1.54, 1.807) is 24.3 Å². The summed E-state index contributed by atoms with van der Waals surface area (Å²) in [7, 11) is 0. The molecule has 0 saturated carbocycles. The van der Waals surface area contributed by atoms with Crippen LogP contribution in [0.15, 0.2) is 30.3 Å². The van der Waals surface area contributed by atoms with Crippen molar-refractivity contribution >= 4 is 17.7 Å². The topological polar surface area (TPSA) is 57.7 Å². The van der Waals surface area contributed by atoms with Gasteiger partial charge in [0.1, 0.15) is 6.04 Å². The molecule has 5 nitrogen and oxygen atoms in total. The highest BCUT2D eigenvalue weighted by Crippen LogP contribution is 2.24. The lowest BCUT2D eigenvalue weighted by Crippen LogP contribution is -2.49. The fraction of sp³-hybridized carbons (Fsp3) is 0.591. The third-order valence-corrected chi connectivity index (χ3v) is 5.11. The molecule has 1 heterocycles. The highest BCUT2D eigenvalue weighted by Gasteiger charge is 2.42. The van der Waals surface area contributed by atoms with Crippen molar-refractivity contribution in [2.75, 3.05) is 13.1 Å². The number of carbonyl (C=O) groups is 3. The minimum absolute atomic E-state index is 0.0719. The number of benzene rings is 1. The molecule has 5 heteroatoms. The van der Waals surface area contributed by atoms with E-state index in [9.17, 15) is 14.4 Å². The molecule has 1 fully saturated rings. The zero-order chi connectivity index (χ0) is 19.6. The maximum absolute atomic E-state index is 13.2. The molecule has 0 bridgehead atoms. The number of imide groups is 1. The molecule has 148 valence electrons. The number of hydrogen-bond donors (Lipinski definition) is 0. The van der Waals surface area contributed by atoms with Gasteiger partial charge < -0.3 is 4.90 Å². The number of rotatable bonds is 10. The van der Waals surface area contributed by atoms with Gasteiger partial charge in [-0.3, -0.25) is 19.3 Å². The Morgan fingerprint density at radius 2 is 1.59 bits per heavy atom. The SMILES string of the molecule is CCCCCN(CCCCC)C(=O)[C@@H]1CCC(=O)N1C(=O)c1ccccc1. The average Bonchev–Trinajstić information content (AvgIpc) is 3.08. The van der Waals surface area contributed by atoms with Gasteiger partial charge in [0.2, 0.25) is 11.8 Å². The van der Waals surface area contributed by atoms with Crippen molar-refractivity contribution in [3.05, 3.63) is 35.9 Å². The first-order chi connectivity index (χ1) is 13.1. The van der Waals surface area contributed by atoms with Crippen LogP contribution in [0.5, 0.6) is 0 Å². The fourth-order valence-electron chi connectivity index (χ4n) is 3.54. The lowest BCUT2D eigenvalue weighted by atomic mass is 10.1. The van der Waals surface area contributed by atoms with Crippen LogP contribution < -0.4 is 0 Å². The Morgan fingerprint density at radius 3 is 2.15 bits per heavy atom. The van der Waals surface area contributed by atoms with E-state index in [2.05, 4.69) is 13.8 Å². The molecule has 1 atom stereocenters. The molecule has 1 aromatic rings. The lowest BCUT2D eigenvalue weighted by Gasteiger charge is -2.29. The Bertz CT molecular complexity index is 620. The van der Waals surface area contributed by atoms with Crippen molar-refractivity contribution < 1.29 is 14.4 Å². The van der Waals surface area contributed by atoms with Crippen LogP contribution in [0.2, 0.25) is 0 Å². The lowest BCUT2D eigenvalue weighted by molar-refractivity contribution is -0.139. The number of carbonyl (C=O) groups excluding carboxylic acids is 3. The van der Waals surface area contributed by atoms with Gasteiger partial charge in [0, 0.05) is 25.1 Å². The summed E-state index contributed by atoms with van der Waals surface area (Å²) >= 11 is 0. The Kier molecular flexibility index (Phi) is 8.49. The molecule has 1 aromatic carbocycles. The van der Waals surface area contributed by atoms with Gasteiger partial charge in [-0.2, -0.15) is 0 Å². The molecule has 3 amide bonds. The molecule has 0 N–H and O–H groups in total. The van der Waals surface area contributed by atoms with Gasteiger partial charge in [0.15, 0.2) is 0 Å². The molecular weight excluding hydrogens is 340 g/mol. The van der Waals surface area contributed by atoms with Gasteiger partial charge in [0.05, 0.1) is 0 Å². The monoisotopic (exact) mass is 372 g/mol. The number of amides is 3. The zero-order valence-corrected chi connectivity index (χ0v) is 16.7. The molecule has 0 spiro atoms. The van der Waals surface area contributed by atoms with E-state index in [4.69, 9.17) is 0 Å². The first kappa shape index (κ1) is 21.1. The molecule has 1 saturated heterocycles. The van der Waals surface area contributed by atoms with Crippen LogP contribution in [0.25, 0.3) is 0 Å². The highest BCUT2D eigenvalue weighted by molar-refractivity contribution is 6.09. The summed E-state index contributed by atoms with van der Waals surface area (Å²) in [6, 6.07) is 8.09. The van der Waals surface area contributed by atoms with Gasteiger partial charge in [-0.15, -0.1) is 0 Å². The number of unbranched alkanes of at least 4 members (excludes halogenated alkanes) is 4. The Balaban J connectivity index is 2.13. The van der Waals surface area contributed by atoms with Crippen LogP contribution in [0.3, 0.4) is 0 Å². The van der Waals surface area contributed by atoms with E-state index in [0.717, 1.165) is 38.5 Å². The quantitative estimate of drug-likeness (QED) is 0.460. The molecule has 1 aliphatic heterocycles. The van der Waals surface area contributed by atoms with Crippen molar-refractivity contribution in [2.45, 2.75) is 71.3 Å². The van der Waals surface area contributed by atoms with Crippen LogP contribution in [0.1, 0.15) is 75.6 Å². The normalized spacial score (nSPS) is 16.6. The minimum atomic E-state index is -0.659. The summed E-state index contributed by atoms with van der Waals surface area (Å²) in [5.74, 6) is -0.680. The molecule has 0 aromatic heterocycles. The maximum Gasteiger partial charge on any atom is 0.261 e. The van der Waals surface area contributed by atoms with Gasteiger partial charge in [-0.25, -0.2) is 0 Å². The summed E-state index contributed by atoms with van der Waals surface area (Å²) in [5.41, 5.74) is 0.453. The molecule has 2 rings (SSSR count). The third kappa shape index (κ3) is 5.65. The molecular formula is C22H32N2O3. The number of hydrogen-bond acceptors (Lipinski definition) is 3. The highest BCUT2D eigenvalue weighted by atomic mass is 16.2. The van der Waals surface area contributed by atoms with Gasteiger partial charge >= 0.3 is 0 Å². The van der Waals surface area contributed by atoms with Gasteiger partial charge in [-0.1, -0.05) is 57.7 Å². The Morgan fingerprint density at radius 1 is 1.00 bits per heavy atom. The van der Waals surface area contributed by atoms with Crippen molar-refractivity contribution in [1.29, 1.82) is 0 Å². The minimum Gasteiger partial charge on any atom is -0.341 e. The number of likely N-dealkylation sites (tertiary alicyclic amines) is 1. The summed E-state index contributed by atoms with van der Waals surface area (Å²) < 4.78 is 0. The predicted octanol–water partition coefficient (Wildman–Crippen LogP) is 4.03. The molecule has 27 heavy (non-hydrogen) atoms. The van der Waals surface area contributed by atoms with Crippen molar-refractivity contribution in [2.24, 2.45) is 0 Å². The van der Waals surface area contributed by atoms with Crippen molar-refractivity contribution in [1.82, 2.24) is 9.80 Å². The second kappa shape index (κ2) is 10.9. The van der Waals surface area contributed by atoms with Crippen molar-refractivity contribution in [3.8, 4) is 0 Å². The van der Waals surface area contributed by atoms with Crippen LogP contribution in [0, 0.1) is 0 Å². The molecule has 0 aliphatic carbocycles. The molecule has 0 radical (unpaired) electrons. The third-order valence-electron chi connectivity index (χ3n) is 5.11. The van der Waals surface area contributed by atoms with Crippen molar-refractivity contribution in [3.63, 3.8) is 0 Å². The predicted molar refractivity (Wildman–Crippen MR) is 106 cm³/mol. The Hall–Kier alpha value is -2.17. The maximum atomic E-state index is 13.2. The standard InChI is InChI=1S/C22H32N2O3/c1-3-5-10-16-23(17-11-6-4-2)22(27)19-14-15-20(25)24(19)21(26)18-12-8-7-9-13-18/h7-9,12-13,19H,3-6,10-11,14-17H2,1-2H3/t19-/m0/s1. The van der Waals surface area contributed by atoms with E-state index in [0.29, 0.717) is 25.1 Å². The summed E-state index contributed by atoms with van der Waals surface area (Å²) in [5, 5.41) is 0. The molecule has 0 unspecified atom stereocenters. The zero-order valence-electron chi connectivity index (χ0n) is 16.7. The van der Waals surface area contributed by atoms with E-state index in [1.807, 2.05) is 11.0 Å². The summed E-state index contributed by atoms with van der Waals surface area (Å²) in [6.45, 7) is 5.68. The number of nitrogens with zero attached hydrogens (tertiary/aromatic N) is 2. The van der Waals surface area contributed by atoms with Crippen LogP contribution >= 0.6 is 0 Å². The van der Waals surface area contributed by atoms with E-state index < -0.39 is 6.04 Å². The van der Waals surface area contributed by atoms with Crippen LogP contribution in [0.4, 0.5) is 0 Å². The van der Waals surface area contributed by atoms with Gasteiger partial charge in [0.25, 0.3) is 5.91 Å². The first-order valence-electron chi connectivity index (χ1n) is 10.3. The summed E-state index contributed by atoms with van der Waals surface area (Å²) in [6.07, 6.45) is 6.95. The summed E-state index contributed by atoms with van der Waals surface area (Å²) in [4.78, 5) is 41.5. The molecule has 1 aliphatic rings. The van der Waals surface area contributed by atoms with E-state index in [-0.39, 0.29) is 24.1 Å². The average molecular weight is 373 g/mol. The Labute approximate surface area is 162 Å². The second-order valence-electron chi connectivity index (χ2n) is 7.23. The largest absolute Gasteiger partial charge is 0.341 e. The fourth-order valence-corrected chi connectivity index (χ4v) is 3.54. The van der Waals surface area contributed by atoms with E-state index >= 15 is 0 Å². The first-order valence-corrected chi connectivity index (χ1v) is 10.3. The van der Waals surface area contributed by atoms with E-state index in [1.165, 1.54) is 4.90 Å².